The monoisotopic (exact) mass is 555 g/mol. The van der Waals surface area contributed by atoms with E-state index in [-0.39, 0.29) is 29.9 Å². The van der Waals surface area contributed by atoms with Crippen molar-refractivity contribution in [3.05, 3.63) is 40.9 Å². The molecule has 6 rings (SSSR count). The topological polar surface area (TPSA) is 97.0 Å². The predicted octanol–water partition coefficient (Wildman–Crippen LogP) is 3.86. The van der Waals surface area contributed by atoms with Crippen molar-refractivity contribution in [2.45, 2.75) is 82.8 Å². The van der Waals surface area contributed by atoms with Gasteiger partial charge in [-0.2, -0.15) is 0 Å². The van der Waals surface area contributed by atoms with E-state index in [1.807, 2.05) is 25.1 Å². The number of anilines is 1. The predicted molar refractivity (Wildman–Crippen MR) is 147 cm³/mol. The molecular weight excluding hydrogens is 518 g/mol. The van der Waals surface area contributed by atoms with Gasteiger partial charge in [-0.3, -0.25) is 14.4 Å². The van der Waals surface area contributed by atoms with Crippen molar-refractivity contribution in [2.24, 2.45) is 23.7 Å². The maximum absolute atomic E-state index is 14.1. The van der Waals surface area contributed by atoms with Gasteiger partial charge in [0.1, 0.15) is 11.6 Å². The number of benzene rings is 1. The van der Waals surface area contributed by atoms with E-state index < -0.39 is 29.6 Å². The minimum absolute atomic E-state index is 0.0457. The number of fused-ring (bicyclic) bond motifs is 1. The molecule has 1 saturated carbocycles. The summed E-state index contributed by atoms with van der Waals surface area (Å²) >= 11 is 6.28. The molecule has 1 aromatic carbocycles. The Hall–Kier alpha value is -2.42. The van der Waals surface area contributed by atoms with Crippen molar-refractivity contribution in [2.75, 3.05) is 18.5 Å². The maximum atomic E-state index is 14.1. The highest BCUT2D eigenvalue weighted by molar-refractivity contribution is 6.31. The minimum atomic E-state index is -1.18. The molecule has 8 nitrogen and oxygen atoms in total. The van der Waals surface area contributed by atoms with Crippen LogP contribution in [-0.4, -0.2) is 65.7 Å². The fourth-order valence-corrected chi connectivity index (χ4v) is 7.60. The zero-order valence-electron chi connectivity index (χ0n) is 22.8. The number of halogens is 1. The van der Waals surface area contributed by atoms with E-state index in [9.17, 15) is 14.4 Å². The van der Waals surface area contributed by atoms with E-state index in [2.05, 4.69) is 24.5 Å². The molecule has 0 radical (unpaired) electrons. The van der Waals surface area contributed by atoms with Gasteiger partial charge in [-0.25, -0.2) is 0 Å². The van der Waals surface area contributed by atoms with E-state index in [1.165, 1.54) is 0 Å². The first kappa shape index (κ1) is 26.8. The number of carbonyl (C=O) groups is 3. The van der Waals surface area contributed by atoms with Gasteiger partial charge in [-0.1, -0.05) is 56.5 Å². The number of hydrogen-bond acceptors (Lipinski definition) is 5. The second kappa shape index (κ2) is 10.2. The number of hydrogen-bond donors (Lipinski definition) is 2. The van der Waals surface area contributed by atoms with Crippen molar-refractivity contribution < 1.29 is 23.9 Å². The summed E-state index contributed by atoms with van der Waals surface area (Å²) in [5.41, 5.74) is 0.291. The third-order valence-corrected chi connectivity index (χ3v) is 10.2. The summed E-state index contributed by atoms with van der Waals surface area (Å²) in [7, 11) is 0. The van der Waals surface area contributed by atoms with Crippen molar-refractivity contribution in [3.8, 4) is 0 Å². The number of rotatable bonds is 6. The van der Waals surface area contributed by atoms with Crippen LogP contribution in [0.15, 0.2) is 30.4 Å². The second-order valence-electron chi connectivity index (χ2n) is 12.2. The Morgan fingerprint density at radius 3 is 2.72 bits per heavy atom. The van der Waals surface area contributed by atoms with Crippen molar-refractivity contribution in [1.82, 2.24) is 10.2 Å². The SMILES string of the molecule is Cc1ccc(NC(=O)[C@H]2[C@H]3C=C[C@@]4(O3)[C@H]2C(=O)N(C[C@@H]2CCCO2)[C@@H]4C(=O)N[C@@H]2CCC[C@@H](C)[C@H]2C)cc1Cl. The molecule has 4 heterocycles. The van der Waals surface area contributed by atoms with Crippen LogP contribution in [0.25, 0.3) is 0 Å². The number of carbonyl (C=O) groups excluding carboxylic acids is 3. The Morgan fingerprint density at radius 1 is 1.15 bits per heavy atom. The fourth-order valence-electron chi connectivity index (χ4n) is 7.42. The van der Waals surface area contributed by atoms with Gasteiger partial charge < -0.3 is 25.0 Å². The summed E-state index contributed by atoms with van der Waals surface area (Å²) in [6.07, 6.45) is 7.91. The second-order valence-corrected chi connectivity index (χ2v) is 12.6. The molecule has 39 heavy (non-hydrogen) atoms. The molecule has 210 valence electrons. The molecule has 5 aliphatic rings. The third-order valence-electron chi connectivity index (χ3n) is 9.82. The number of likely N-dealkylation sites (tertiary alicyclic amines) is 1. The number of nitrogens with one attached hydrogen (secondary N) is 2. The number of nitrogens with zero attached hydrogens (tertiary/aromatic N) is 1. The standard InChI is InChI=1S/C30H38ClN3O5/c1-16-6-4-8-22(18(16)3)33-28(36)26-30-12-11-23(39-30)24(27(35)32-19-10-9-17(2)21(31)14-19)25(30)29(37)34(26)15-20-7-5-13-38-20/h9-12,14,16,18,20,22-26H,4-8,13,15H2,1-3H3,(H,32,35)(H,33,36)/t16-,18-,20+,22-,23-,24+,25-,26-,30-/m1/s1. The Kier molecular flexibility index (Phi) is 7.01. The summed E-state index contributed by atoms with van der Waals surface area (Å²) in [6.45, 7) is 7.28. The lowest BCUT2D eigenvalue weighted by Gasteiger charge is -2.38. The molecule has 0 aromatic heterocycles. The van der Waals surface area contributed by atoms with Gasteiger partial charge >= 0.3 is 0 Å². The Labute approximate surface area is 234 Å². The van der Waals surface area contributed by atoms with Gasteiger partial charge in [0, 0.05) is 29.9 Å². The van der Waals surface area contributed by atoms with Crippen LogP contribution in [0.3, 0.4) is 0 Å². The smallest absolute Gasteiger partial charge is 0.246 e. The first-order valence-corrected chi connectivity index (χ1v) is 14.7. The highest BCUT2D eigenvalue weighted by atomic mass is 35.5. The molecule has 3 amide bonds. The number of aryl methyl sites for hydroxylation is 1. The number of ether oxygens (including phenoxy) is 2. The normalized spacial score (nSPS) is 38.8. The lowest BCUT2D eigenvalue weighted by atomic mass is 9.73. The van der Waals surface area contributed by atoms with Gasteiger partial charge in [-0.15, -0.1) is 0 Å². The van der Waals surface area contributed by atoms with Gasteiger partial charge in [0.25, 0.3) is 0 Å². The molecule has 1 spiro atoms. The first-order valence-electron chi connectivity index (χ1n) is 14.4. The van der Waals surface area contributed by atoms with E-state index >= 15 is 0 Å². The van der Waals surface area contributed by atoms with E-state index in [1.54, 1.807) is 17.0 Å². The molecule has 2 bridgehead atoms. The van der Waals surface area contributed by atoms with Gasteiger partial charge in [-0.05, 0) is 55.7 Å². The molecule has 2 N–H and O–H groups in total. The highest BCUT2D eigenvalue weighted by Gasteiger charge is 2.73. The fraction of sp³-hybridized carbons (Fsp3) is 0.633. The quantitative estimate of drug-likeness (QED) is 0.520. The minimum Gasteiger partial charge on any atom is -0.376 e. The molecule has 9 heteroatoms. The average molecular weight is 556 g/mol. The van der Waals surface area contributed by atoms with Crippen LogP contribution in [0.5, 0.6) is 0 Å². The lowest BCUT2D eigenvalue weighted by molar-refractivity contribution is -0.143. The Bertz CT molecular complexity index is 1200. The Balaban J connectivity index is 1.29. The first-order chi connectivity index (χ1) is 18.7. The van der Waals surface area contributed by atoms with Crippen LogP contribution in [0, 0.1) is 30.6 Å². The van der Waals surface area contributed by atoms with Crippen LogP contribution in [0.2, 0.25) is 5.02 Å². The van der Waals surface area contributed by atoms with E-state index in [0.717, 1.165) is 37.7 Å². The van der Waals surface area contributed by atoms with E-state index in [0.29, 0.717) is 35.7 Å². The van der Waals surface area contributed by atoms with Crippen molar-refractivity contribution in [3.63, 3.8) is 0 Å². The number of amides is 3. The zero-order chi connectivity index (χ0) is 27.5. The van der Waals surface area contributed by atoms with Crippen molar-refractivity contribution in [1.29, 1.82) is 0 Å². The lowest BCUT2D eigenvalue weighted by Crippen LogP contribution is -2.58. The van der Waals surface area contributed by atoms with Crippen LogP contribution in [0.4, 0.5) is 5.69 Å². The molecule has 1 aliphatic carbocycles. The average Bonchev–Trinajstić information content (AvgIpc) is 3.67. The molecule has 0 unspecified atom stereocenters. The van der Waals surface area contributed by atoms with Crippen LogP contribution < -0.4 is 10.6 Å². The summed E-state index contributed by atoms with van der Waals surface area (Å²) < 4.78 is 12.3. The zero-order valence-corrected chi connectivity index (χ0v) is 23.6. The molecule has 9 atom stereocenters. The summed E-state index contributed by atoms with van der Waals surface area (Å²) in [6, 6.07) is 4.54. The van der Waals surface area contributed by atoms with Crippen LogP contribution >= 0.6 is 11.6 Å². The maximum Gasteiger partial charge on any atom is 0.246 e. The van der Waals surface area contributed by atoms with Gasteiger partial charge in [0.15, 0.2) is 0 Å². The Morgan fingerprint density at radius 2 is 1.97 bits per heavy atom. The molecular formula is C30H38ClN3O5. The third kappa shape index (κ3) is 4.49. The van der Waals surface area contributed by atoms with Gasteiger partial charge in [0.05, 0.1) is 24.0 Å². The van der Waals surface area contributed by atoms with Gasteiger partial charge in [0.2, 0.25) is 17.7 Å². The molecule has 4 fully saturated rings. The van der Waals surface area contributed by atoms with Crippen LogP contribution in [-0.2, 0) is 23.9 Å². The molecule has 4 aliphatic heterocycles. The summed E-state index contributed by atoms with van der Waals surface area (Å²) in [4.78, 5) is 43.5. The van der Waals surface area contributed by atoms with Crippen molar-refractivity contribution >= 4 is 35.0 Å². The van der Waals surface area contributed by atoms with Crippen LogP contribution in [0.1, 0.15) is 51.5 Å². The van der Waals surface area contributed by atoms with E-state index in [4.69, 9.17) is 21.1 Å². The largest absolute Gasteiger partial charge is 0.376 e. The summed E-state index contributed by atoms with van der Waals surface area (Å²) in [5, 5.41) is 6.79. The molecule has 3 saturated heterocycles. The molecule has 1 aromatic rings. The highest BCUT2D eigenvalue weighted by Crippen LogP contribution is 2.55. The summed E-state index contributed by atoms with van der Waals surface area (Å²) in [5.74, 6) is -1.40.